The van der Waals surface area contributed by atoms with Gasteiger partial charge < -0.3 is 10.5 Å². The molecule has 0 aromatic heterocycles. The van der Waals surface area contributed by atoms with E-state index >= 15 is 0 Å². The number of ether oxygens (including phenoxy) is 1. The molecular formula is C14H19N3O3S. The van der Waals surface area contributed by atoms with Gasteiger partial charge in [-0.2, -0.15) is 0 Å². The van der Waals surface area contributed by atoms with Crippen LogP contribution in [0.25, 0.3) is 0 Å². The number of fused-ring (bicyclic) bond motifs is 1. The molecule has 1 aromatic rings. The van der Waals surface area contributed by atoms with Gasteiger partial charge in [0.25, 0.3) is 10.0 Å². The number of amidine groups is 1. The zero-order chi connectivity index (χ0) is 14.9. The Labute approximate surface area is 124 Å². The Morgan fingerprint density at radius 1 is 1.29 bits per heavy atom. The number of likely N-dealkylation sites (tertiary alicyclic amines) is 1. The largest absolute Gasteiger partial charge is 0.491 e. The number of hydrogen-bond acceptors (Lipinski definition) is 5. The number of rotatable bonds is 4. The molecule has 0 atom stereocenters. The number of benzene rings is 1. The SMILES string of the molecule is NC1=NS(=O)(=O)Cc2cccc(OCCN3CCCC3)c21. The Morgan fingerprint density at radius 2 is 2.05 bits per heavy atom. The van der Waals surface area contributed by atoms with E-state index in [9.17, 15) is 8.42 Å². The lowest BCUT2D eigenvalue weighted by molar-refractivity contribution is 0.237. The van der Waals surface area contributed by atoms with Gasteiger partial charge in [0, 0.05) is 6.54 Å². The van der Waals surface area contributed by atoms with Gasteiger partial charge in [-0.05, 0) is 37.6 Å². The van der Waals surface area contributed by atoms with Crippen molar-refractivity contribution in [2.24, 2.45) is 10.1 Å². The summed E-state index contributed by atoms with van der Waals surface area (Å²) in [5.74, 6) is 0.516. The second kappa shape index (κ2) is 5.65. The van der Waals surface area contributed by atoms with E-state index in [-0.39, 0.29) is 11.6 Å². The molecule has 1 saturated heterocycles. The smallest absolute Gasteiger partial charge is 0.259 e. The van der Waals surface area contributed by atoms with Crippen molar-refractivity contribution in [2.45, 2.75) is 18.6 Å². The monoisotopic (exact) mass is 309 g/mol. The van der Waals surface area contributed by atoms with Crippen molar-refractivity contribution in [2.75, 3.05) is 26.2 Å². The van der Waals surface area contributed by atoms with Crippen molar-refractivity contribution in [1.82, 2.24) is 4.90 Å². The minimum absolute atomic E-state index is 0.0213. The maximum absolute atomic E-state index is 11.6. The summed E-state index contributed by atoms with van der Waals surface area (Å²) < 4.78 is 32.6. The summed E-state index contributed by atoms with van der Waals surface area (Å²) in [6.07, 6.45) is 2.50. The molecule has 2 aliphatic heterocycles. The summed E-state index contributed by atoms with van der Waals surface area (Å²) in [4.78, 5) is 2.36. The van der Waals surface area contributed by atoms with E-state index in [4.69, 9.17) is 10.5 Å². The molecule has 3 rings (SSSR count). The van der Waals surface area contributed by atoms with Gasteiger partial charge in [-0.3, -0.25) is 4.90 Å². The average Bonchev–Trinajstić information content (AvgIpc) is 2.90. The van der Waals surface area contributed by atoms with E-state index in [0.717, 1.165) is 19.6 Å². The summed E-state index contributed by atoms with van der Waals surface area (Å²) >= 11 is 0. The molecule has 0 amide bonds. The Balaban J connectivity index is 1.75. The standard InChI is InChI=1S/C14H19N3O3S/c15-14-13-11(10-21(18,19)16-14)4-3-5-12(13)20-9-8-17-6-1-2-7-17/h3-5H,1-2,6-10H2,(H2,15,16). The molecule has 0 unspecified atom stereocenters. The van der Waals surface area contributed by atoms with Crippen molar-refractivity contribution in [3.05, 3.63) is 29.3 Å². The highest BCUT2D eigenvalue weighted by atomic mass is 32.2. The van der Waals surface area contributed by atoms with Crippen molar-refractivity contribution in [1.29, 1.82) is 0 Å². The maximum Gasteiger partial charge on any atom is 0.259 e. The summed E-state index contributed by atoms with van der Waals surface area (Å²) in [6, 6.07) is 5.35. The first kappa shape index (κ1) is 14.3. The lowest BCUT2D eigenvalue weighted by Gasteiger charge is -2.19. The van der Waals surface area contributed by atoms with Gasteiger partial charge in [-0.1, -0.05) is 12.1 Å². The minimum Gasteiger partial charge on any atom is -0.491 e. The second-order valence-electron chi connectivity index (χ2n) is 5.39. The fraction of sp³-hybridized carbons (Fsp3) is 0.500. The third-order valence-corrected chi connectivity index (χ3v) is 4.96. The molecule has 21 heavy (non-hydrogen) atoms. The van der Waals surface area contributed by atoms with Crippen LogP contribution in [0.15, 0.2) is 22.6 Å². The summed E-state index contributed by atoms with van der Waals surface area (Å²) in [5, 5.41) is 0. The molecule has 0 aliphatic carbocycles. The Kier molecular flexibility index (Phi) is 3.86. The van der Waals surface area contributed by atoms with E-state index in [2.05, 4.69) is 9.30 Å². The molecule has 6 nitrogen and oxygen atoms in total. The molecule has 114 valence electrons. The van der Waals surface area contributed by atoms with Crippen LogP contribution in [0, 0.1) is 0 Å². The lowest BCUT2D eigenvalue weighted by atomic mass is 10.1. The zero-order valence-electron chi connectivity index (χ0n) is 11.8. The van der Waals surface area contributed by atoms with Gasteiger partial charge in [0.2, 0.25) is 0 Å². The third kappa shape index (κ3) is 3.19. The fourth-order valence-corrected chi connectivity index (χ4v) is 3.91. The molecule has 0 saturated carbocycles. The normalized spacial score (nSPS) is 20.9. The molecular weight excluding hydrogens is 290 g/mol. The van der Waals surface area contributed by atoms with Crippen LogP contribution in [-0.4, -0.2) is 45.4 Å². The Hall–Kier alpha value is -1.60. The van der Waals surface area contributed by atoms with Crippen molar-refractivity contribution in [3.8, 4) is 5.75 Å². The van der Waals surface area contributed by atoms with Crippen LogP contribution in [0.1, 0.15) is 24.0 Å². The quantitative estimate of drug-likeness (QED) is 0.885. The minimum atomic E-state index is -3.50. The number of nitrogens with zero attached hydrogens (tertiary/aromatic N) is 2. The van der Waals surface area contributed by atoms with E-state index in [0.29, 0.717) is 23.5 Å². The van der Waals surface area contributed by atoms with Crippen LogP contribution in [0.5, 0.6) is 5.75 Å². The lowest BCUT2D eigenvalue weighted by Crippen LogP contribution is -2.27. The van der Waals surface area contributed by atoms with Gasteiger partial charge in [0.05, 0.1) is 11.3 Å². The van der Waals surface area contributed by atoms with Gasteiger partial charge in [-0.15, -0.1) is 4.40 Å². The second-order valence-corrected chi connectivity index (χ2v) is 7.03. The van der Waals surface area contributed by atoms with Crippen LogP contribution in [0.2, 0.25) is 0 Å². The van der Waals surface area contributed by atoms with Crippen LogP contribution < -0.4 is 10.5 Å². The predicted octanol–water partition coefficient (Wildman–Crippen LogP) is 0.710. The fourth-order valence-electron chi connectivity index (χ4n) is 2.82. The van der Waals surface area contributed by atoms with E-state index in [1.165, 1.54) is 12.8 Å². The third-order valence-electron chi connectivity index (χ3n) is 3.81. The molecule has 1 fully saturated rings. The van der Waals surface area contributed by atoms with Crippen molar-refractivity contribution in [3.63, 3.8) is 0 Å². The molecule has 0 radical (unpaired) electrons. The van der Waals surface area contributed by atoms with Crippen LogP contribution in [-0.2, 0) is 15.8 Å². The van der Waals surface area contributed by atoms with Crippen LogP contribution in [0.3, 0.4) is 0 Å². The number of hydrogen-bond donors (Lipinski definition) is 1. The van der Waals surface area contributed by atoms with Crippen LogP contribution >= 0.6 is 0 Å². The molecule has 7 heteroatoms. The predicted molar refractivity (Wildman–Crippen MR) is 81.0 cm³/mol. The topological polar surface area (TPSA) is 85.0 Å². The average molecular weight is 309 g/mol. The highest BCUT2D eigenvalue weighted by Gasteiger charge is 2.25. The van der Waals surface area contributed by atoms with Crippen molar-refractivity contribution < 1.29 is 13.2 Å². The Morgan fingerprint density at radius 3 is 2.81 bits per heavy atom. The molecule has 2 heterocycles. The number of sulfonamides is 1. The first-order valence-corrected chi connectivity index (χ1v) is 8.72. The van der Waals surface area contributed by atoms with E-state index < -0.39 is 10.0 Å². The summed E-state index contributed by atoms with van der Waals surface area (Å²) in [5.41, 5.74) is 7.07. The van der Waals surface area contributed by atoms with Gasteiger partial charge in [0.15, 0.2) is 0 Å². The maximum atomic E-state index is 11.6. The molecule has 0 spiro atoms. The first-order valence-electron chi connectivity index (χ1n) is 7.11. The molecule has 0 bridgehead atoms. The summed E-state index contributed by atoms with van der Waals surface area (Å²) in [7, 11) is -3.50. The van der Waals surface area contributed by atoms with Gasteiger partial charge in [-0.25, -0.2) is 8.42 Å². The van der Waals surface area contributed by atoms with Gasteiger partial charge in [0.1, 0.15) is 18.2 Å². The molecule has 2 N–H and O–H groups in total. The first-order chi connectivity index (χ1) is 10.1. The molecule has 1 aromatic carbocycles. The highest BCUT2D eigenvalue weighted by molar-refractivity contribution is 7.89. The Bertz CT molecular complexity index is 664. The van der Waals surface area contributed by atoms with Crippen LogP contribution in [0.4, 0.5) is 0 Å². The zero-order valence-corrected chi connectivity index (χ0v) is 12.6. The van der Waals surface area contributed by atoms with E-state index in [1.54, 1.807) is 12.1 Å². The highest BCUT2D eigenvalue weighted by Crippen LogP contribution is 2.28. The van der Waals surface area contributed by atoms with Gasteiger partial charge >= 0.3 is 0 Å². The summed E-state index contributed by atoms with van der Waals surface area (Å²) in [6.45, 7) is 3.69. The number of nitrogens with two attached hydrogens (primary N) is 1. The molecule has 2 aliphatic rings. The van der Waals surface area contributed by atoms with E-state index in [1.807, 2.05) is 6.07 Å². The van der Waals surface area contributed by atoms with Crippen molar-refractivity contribution >= 4 is 15.9 Å².